The van der Waals surface area contributed by atoms with Crippen LogP contribution in [0.3, 0.4) is 0 Å². The van der Waals surface area contributed by atoms with Gasteiger partial charge in [0.1, 0.15) is 17.5 Å². The molecule has 0 aliphatic carbocycles. The Morgan fingerprint density at radius 3 is 2.85 bits per heavy atom. The summed E-state index contributed by atoms with van der Waals surface area (Å²) in [6.45, 7) is 5.60. The number of fused-ring (bicyclic) bond motifs is 1. The van der Waals surface area contributed by atoms with Crippen molar-refractivity contribution in [2.75, 3.05) is 0 Å². The summed E-state index contributed by atoms with van der Waals surface area (Å²) in [5.41, 5.74) is 6.09. The minimum absolute atomic E-state index is 0.0187. The van der Waals surface area contributed by atoms with Gasteiger partial charge < -0.3 is 15.2 Å². The normalized spacial score (nSPS) is 18.0. The summed E-state index contributed by atoms with van der Waals surface area (Å²) in [6, 6.07) is 9.77. The van der Waals surface area contributed by atoms with E-state index in [2.05, 4.69) is 0 Å². The monoisotopic (exact) mass is 373 g/mol. The Labute approximate surface area is 157 Å². The van der Waals surface area contributed by atoms with Crippen molar-refractivity contribution < 1.29 is 19.1 Å². The molecule has 0 saturated carbocycles. The molecule has 3 rings (SSSR count). The molecule has 1 aliphatic heterocycles. The number of amides is 1. The fourth-order valence-electron chi connectivity index (χ4n) is 3.15. The molecule has 1 aliphatic rings. The zero-order valence-electron chi connectivity index (χ0n) is 15.2. The molecular weight excluding hydrogens is 350 g/mol. The first-order valence-electron chi connectivity index (χ1n) is 8.62. The summed E-state index contributed by atoms with van der Waals surface area (Å²) in [4.78, 5) is 24.7. The van der Waals surface area contributed by atoms with E-state index in [4.69, 9.17) is 15.2 Å². The number of nitrogens with two attached hydrogens (primary N) is 1. The molecule has 0 radical (unpaired) electrons. The van der Waals surface area contributed by atoms with Crippen LogP contribution in [-0.4, -0.2) is 23.6 Å². The zero-order chi connectivity index (χ0) is 18.9. The number of hydrogen-bond acceptors (Lipinski definition) is 5. The van der Waals surface area contributed by atoms with Gasteiger partial charge in [-0.05, 0) is 55.3 Å². The lowest BCUT2D eigenvalue weighted by molar-refractivity contribution is -0.0116. The van der Waals surface area contributed by atoms with Gasteiger partial charge in [0.15, 0.2) is 5.78 Å². The molecule has 2 heterocycles. The van der Waals surface area contributed by atoms with E-state index >= 15 is 0 Å². The van der Waals surface area contributed by atoms with E-state index in [-0.39, 0.29) is 17.8 Å². The minimum atomic E-state index is -0.798. The van der Waals surface area contributed by atoms with Crippen molar-refractivity contribution in [3.8, 4) is 16.2 Å². The molecule has 0 fully saturated rings. The average molecular weight is 373 g/mol. The number of rotatable bonds is 5. The van der Waals surface area contributed by atoms with Crippen LogP contribution in [0.15, 0.2) is 35.7 Å². The standard InChI is InChI=1S/C20H23NO4S/c1-12(20(2,3)25-19(21)23)9-14-11-16(22)15-7-6-13(10-17(15)24-14)18-5-4-8-26-18/h4-8,10,12,14H,9,11H2,1-3H3,(H2,21,23). The topological polar surface area (TPSA) is 78.6 Å². The van der Waals surface area contributed by atoms with E-state index in [1.165, 1.54) is 0 Å². The van der Waals surface area contributed by atoms with Crippen LogP contribution in [-0.2, 0) is 4.74 Å². The molecule has 2 atom stereocenters. The number of carbonyl (C=O) groups is 2. The maximum Gasteiger partial charge on any atom is 0.405 e. The van der Waals surface area contributed by atoms with Crippen LogP contribution in [0.1, 0.15) is 44.0 Å². The summed E-state index contributed by atoms with van der Waals surface area (Å²) in [5.74, 6) is 0.683. The molecule has 138 valence electrons. The zero-order valence-corrected chi connectivity index (χ0v) is 16.0. The number of ether oxygens (including phenoxy) is 2. The van der Waals surface area contributed by atoms with E-state index in [9.17, 15) is 9.59 Å². The van der Waals surface area contributed by atoms with E-state index in [1.807, 2.05) is 56.5 Å². The van der Waals surface area contributed by atoms with Gasteiger partial charge in [0.2, 0.25) is 0 Å². The largest absolute Gasteiger partial charge is 0.489 e. The molecular formula is C20H23NO4S. The minimum Gasteiger partial charge on any atom is -0.489 e. The summed E-state index contributed by atoms with van der Waals surface area (Å²) < 4.78 is 11.3. The van der Waals surface area contributed by atoms with Crippen LogP contribution in [0.5, 0.6) is 5.75 Å². The third kappa shape index (κ3) is 3.90. The van der Waals surface area contributed by atoms with E-state index in [0.29, 0.717) is 24.2 Å². The van der Waals surface area contributed by atoms with Crippen LogP contribution >= 0.6 is 11.3 Å². The van der Waals surface area contributed by atoms with Gasteiger partial charge in [0.05, 0.1) is 5.56 Å². The molecule has 0 spiro atoms. The molecule has 2 unspecified atom stereocenters. The number of benzene rings is 1. The Bertz CT molecular complexity index is 813. The van der Waals surface area contributed by atoms with E-state index < -0.39 is 11.7 Å². The number of ketones is 1. The fraction of sp³-hybridized carbons (Fsp3) is 0.400. The molecule has 1 aromatic carbocycles. The Morgan fingerprint density at radius 2 is 2.19 bits per heavy atom. The van der Waals surface area contributed by atoms with Gasteiger partial charge in [-0.1, -0.05) is 19.1 Å². The lowest BCUT2D eigenvalue weighted by Gasteiger charge is -2.34. The highest BCUT2D eigenvalue weighted by molar-refractivity contribution is 7.13. The average Bonchev–Trinajstić information content (AvgIpc) is 3.07. The second kappa shape index (κ2) is 7.11. The molecule has 1 amide bonds. The highest BCUT2D eigenvalue weighted by Gasteiger charge is 2.35. The van der Waals surface area contributed by atoms with Gasteiger partial charge >= 0.3 is 6.09 Å². The van der Waals surface area contributed by atoms with E-state index in [0.717, 1.165) is 10.4 Å². The van der Waals surface area contributed by atoms with Crippen molar-refractivity contribution >= 4 is 23.2 Å². The Morgan fingerprint density at radius 1 is 1.42 bits per heavy atom. The van der Waals surface area contributed by atoms with Gasteiger partial charge in [-0.25, -0.2) is 4.79 Å². The molecule has 1 aromatic heterocycles. The van der Waals surface area contributed by atoms with Crippen molar-refractivity contribution in [1.82, 2.24) is 0 Å². The van der Waals surface area contributed by atoms with Gasteiger partial charge in [0.25, 0.3) is 0 Å². The number of hydrogen-bond donors (Lipinski definition) is 1. The lowest BCUT2D eigenvalue weighted by atomic mass is 9.85. The second-order valence-corrected chi connectivity index (χ2v) is 8.16. The van der Waals surface area contributed by atoms with Crippen LogP contribution < -0.4 is 10.5 Å². The first-order chi connectivity index (χ1) is 12.3. The Balaban J connectivity index is 1.77. The second-order valence-electron chi connectivity index (χ2n) is 7.22. The maximum absolute atomic E-state index is 12.5. The van der Waals surface area contributed by atoms with Crippen LogP contribution in [0.25, 0.3) is 10.4 Å². The highest BCUT2D eigenvalue weighted by atomic mass is 32.1. The third-order valence-corrected chi connectivity index (χ3v) is 5.88. The van der Waals surface area contributed by atoms with Crippen molar-refractivity contribution in [3.63, 3.8) is 0 Å². The van der Waals surface area contributed by atoms with Crippen molar-refractivity contribution in [1.29, 1.82) is 0 Å². The van der Waals surface area contributed by atoms with Crippen molar-refractivity contribution in [2.24, 2.45) is 11.7 Å². The van der Waals surface area contributed by atoms with Gasteiger partial charge in [0, 0.05) is 11.3 Å². The lowest BCUT2D eigenvalue weighted by Crippen LogP contribution is -2.40. The van der Waals surface area contributed by atoms with Crippen LogP contribution in [0.2, 0.25) is 0 Å². The number of primary amides is 1. The first-order valence-corrected chi connectivity index (χ1v) is 9.50. The molecule has 2 N–H and O–H groups in total. The molecule has 26 heavy (non-hydrogen) atoms. The molecule has 6 heteroatoms. The smallest absolute Gasteiger partial charge is 0.405 e. The summed E-state index contributed by atoms with van der Waals surface area (Å²) >= 11 is 1.65. The van der Waals surface area contributed by atoms with E-state index in [1.54, 1.807) is 11.3 Å². The van der Waals surface area contributed by atoms with Gasteiger partial charge in [-0.3, -0.25) is 4.79 Å². The Kier molecular flexibility index (Phi) is 5.05. The van der Waals surface area contributed by atoms with Gasteiger partial charge in [-0.2, -0.15) is 0 Å². The van der Waals surface area contributed by atoms with Crippen LogP contribution in [0.4, 0.5) is 4.79 Å². The summed E-state index contributed by atoms with van der Waals surface area (Å²) in [6.07, 6.45) is -0.135. The third-order valence-electron chi connectivity index (χ3n) is 4.96. The molecule has 2 aromatic rings. The van der Waals surface area contributed by atoms with Gasteiger partial charge in [-0.15, -0.1) is 11.3 Å². The SMILES string of the molecule is CC(CC1CC(=O)c2ccc(-c3cccs3)cc2O1)C(C)(C)OC(N)=O. The quantitative estimate of drug-likeness (QED) is 0.827. The predicted molar refractivity (Wildman–Crippen MR) is 102 cm³/mol. The fourth-order valence-corrected chi connectivity index (χ4v) is 3.88. The Hall–Kier alpha value is -2.34. The molecule has 0 saturated heterocycles. The van der Waals surface area contributed by atoms with Crippen LogP contribution in [0, 0.1) is 5.92 Å². The number of carbonyl (C=O) groups excluding carboxylic acids is 2. The predicted octanol–water partition coefficient (Wildman–Crippen LogP) is 4.65. The first kappa shape index (κ1) is 18.5. The summed E-state index contributed by atoms with van der Waals surface area (Å²) in [5, 5.41) is 2.02. The highest BCUT2D eigenvalue weighted by Crippen LogP contribution is 2.36. The number of Topliss-reactive ketones (excluding diaryl/α,β-unsaturated/α-hetero) is 1. The van der Waals surface area contributed by atoms with Crippen molar-refractivity contribution in [3.05, 3.63) is 41.3 Å². The molecule has 5 nitrogen and oxygen atoms in total. The van der Waals surface area contributed by atoms with Crippen molar-refractivity contribution in [2.45, 2.75) is 45.3 Å². The maximum atomic E-state index is 12.5. The number of thiophene rings is 1. The molecule has 0 bridgehead atoms. The summed E-state index contributed by atoms with van der Waals surface area (Å²) in [7, 11) is 0.